The van der Waals surface area contributed by atoms with E-state index in [0.717, 1.165) is 0 Å². The van der Waals surface area contributed by atoms with Crippen molar-refractivity contribution in [3.05, 3.63) is 52.5 Å². The maximum Gasteiger partial charge on any atom is 0.170 e. The maximum atomic E-state index is 13.5. The number of hydrogen-bond acceptors (Lipinski definition) is 3. The quantitative estimate of drug-likeness (QED) is 0.824. The Morgan fingerprint density at radius 3 is 2.67 bits per heavy atom. The summed E-state index contributed by atoms with van der Waals surface area (Å²) in [7, 11) is 4.05. The molecule has 112 valence electrons. The molecule has 0 fully saturated rings. The number of hydrogen-bond donors (Lipinski definition) is 2. The van der Waals surface area contributed by atoms with Crippen LogP contribution >= 0.6 is 23.6 Å². The van der Waals surface area contributed by atoms with Crippen molar-refractivity contribution in [2.24, 2.45) is 0 Å². The predicted octanol–water partition coefficient (Wildman–Crippen LogP) is 3.48. The number of rotatable bonds is 5. The molecule has 1 heterocycles. The van der Waals surface area contributed by atoms with E-state index < -0.39 is 0 Å². The smallest absolute Gasteiger partial charge is 0.170 e. The lowest BCUT2D eigenvalue weighted by atomic mass is 10.2. The molecule has 1 atom stereocenters. The van der Waals surface area contributed by atoms with E-state index in [9.17, 15) is 4.39 Å². The van der Waals surface area contributed by atoms with Gasteiger partial charge in [-0.3, -0.25) is 0 Å². The van der Waals surface area contributed by atoms with Crippen molar-refractivity contribution >= 4 is 34.4 Å². The van der Waals surface area contributed by atoms with Gasteiger partial charge in [-0.1, -0.05) is 18.2 Å². The van der Waals surface area contributed by atoms with E-state index in [4.69, 9.17) is 12.2 Å². The standard InChI is InChI=1S/C15H18FN3S2/c1-19(2)13(14-8-5-9-21-14)10-17-15(20)18-12-7-4-3-6-11(12)16/h3-9,13H,10H2,1-2H3,(H2,17,18,20). The van der Waals surface area contributed by atoms with Crippen molar-refractivity contribution < 1.29 is 4.39 Å². The molecule has 0 saturated heterocycles. The van der Waals surface area contributed by atoms with Gasteiger partial charge in [0.2, 0.25) is 0 Å². The van der Waals surface area contributed by atoms with E-state index in [0.29, 0.717) is 17.3 Å². The van der Waals surface area contributed by atoms with Gasteiger partial charge in [0.15, 0.2) is 5.11 Å². The molecule has 21 heavy (non-hydrogen) atoms. The summed E-state index contributed by atoms with van der Waals surface area (Å²) < 4.78 is 13.5. The van der Waals surface area contributed by atoms with Crippen LogP contribution in [0.5, 0.6) is 0 Å². The Balaban J connectivity index is 1.92. The maximum absolute atomic E-state index is 13.5. The first-order valence-corrected chi connectivity index (χ1v) is 7.86. The average molecular weight is 323 g/mol. The largest absolute Gasteiger partial charge is 0.360 e. The van der Waals surface area contributed by atoms with E-state index in [1.165, 1.54) is 10.9 Å². The van der Waals surface area contributed by atoms with Gasteiger partial charge in [-0.2, -0.15) is 0 Å². The lowest BCUT2D eigenvalue weighted by Crippen LogP contribution is -2.36. The molecule has 0 aliphatic heterocycles. The Bertz CT molecular complexity index is 584. The van der Waals surface area contributed by atoms with Gasteiger partial charge >= 0.3 is 0 Å². The van der Waals surface area contributed by atoms with Crippen molar-refractivity contribution in [1.82, 2.24) is 10.2 Å². The summed E-state index contributed by atoms with van der Waals surface area (Å²) in [5.74, 6) is -0.316. The zero-order chi connectivity index (χ0) is 15.2. The Kier molecular flexibility index (Phi) is 5.67. The second-order valence-corrected chi connectivity index (χ2v) is 6.20. The van der Waals surface area contributed by atoms with Crippen LogP contribution in [0.15, 0.2) is 41.8 Å². The number of benzene rings is 1. The van der Waals surface area contributed by atoms with Crippen LogP contribution in [0, 0.1) is 5.82 Å². The van der Waals surface area contributed by atoms with Crippen molar-refractivity contribution in [3.8, 4) is 0 Å². The number of thiocarbonyl (C=S) groups is 1. The molecule has 2 N–H and O–H groups in total. The summed E-state index contributed by atoms with van der Waals surface area (Å²) >= 11 is 6.94. The average Bonchev–Trinajstić information content (AvgIpc) is 2.95. The summed E-state index contributed by atoms with van der Waals surface area (Å²) in [4.78, 5) is 3.39. The number of nitrogens with one attached hydrogen (secondary N) is 2. The molecule has 0 aliphatic rings. The topological polar surface area (TPSA) is 27.3 Å². The molecule has 0 bridgehead atoms. The fourth-order valence-electron chi connectivity index (χ4n) is 1.94. The van der Waals surface area contributed by atoms with Gasteiger partial charge in [0, 0.05) is 11.4 Å². The Hall–Kier alpha value is -1.50. The van der Waals surface area contributed by atoms with E-state index in [2.05, 4.69) is 27.0 Å². The van der Waals surface area contributed by atoms with Crippen molar-refractivity contribution in [2.45, 2.75) is 6.04 Å². The van der Waals surface area contributed by atoms with E-state index in [1.807, 2.05) is 20.2 Å². The zero-order valence-corrected chi connectivity index (χ0v) is 13.6. The molecule has 2 aromatic rings. The van der Waals surface area contributed by atoms with E-state index in [1.54, 1.807) is 29.5 Å². The van der Waals surface area contributed by atoms with Crippen LogP contribution in [-0.4, -0.2) is 30.7 Å². The van der Waals surface area contributed by atoms with E-state index in [-0.39, 0.29) is 11.9 Å². The molecule has 6 heteroatoms. The highest BCUT2D eigenvalue weighted by Gasteiger charge is 2.15. The van der Waals surface area contributed by atoms with Crippen molar-refractivity contribution in [2.75, 3.05) is 26.0 Å². The lowest BCUT2D eigenvalue weighted by Gasteiger charge is -2.24. The van der Waals surface area contributed by atoms with Crippen LogP contribution in [0.3, 0.4) is 0 Å². The predicted molar refractivity (Wildman–Crippen MR) is 91.4 cm³/mol. The highest BCUT2D eigenvalue weighted by Crippen LogP contribution is 2.22. The molecule has 0 aliphatic carbocycles. The zero-order valence-electron chi connectivity index (χ0n) is 12.0. The summed E-state index contributed by atoms with van der Waals surface area (Å²) in [5.41, 5.74) is 0.382. The summed E-state index contributed by atoms with van der Waals surface area (Å²) in [6, 6.07) is 10.8. The fraction of sp³-hybridized carbons (Fsp3) is 0.267. The van der Waals surface area contributed by atoms with E-state index >= 15 is 0 Å². The third-order valence-corrected chi connectivity index (χ3v) is 4.29. The lowest BCUT2D eigenvalue weighted by molar-refractivity contribution is 0.303. The first-order valence-electron chi connectivity index (χ1n) is 6.57. The number of anilines is 1. The number of thiophene rings is 1. The summed E-state index contributed by atoms with van der Waals surface area (Å²) in [5, 5.41) is 8.50. The van der Waals surface area contributed by atoms with Gasteiger partial charge in [0.05, 0.1) is 11.7 Å². The first kappa shape index (κ1) is 15.9. The van der Waals surface area contributed by atoms with Gasteiger partial charge in [0.1, 0.15) is 5.82 Å². The highest BCUT2D eigenvalue weighted by atomic mass is 32.1. The SMILES string of the molecule is CN(C)C(CNC(=S)Nc1ccccc1F)c1cccs1. The minimum Gasteiger partial charge on any atom is -0.360 e. The monoisotopic (exact) mass is 323 g/mol. The van der Waals surface area contributed by atoms with Crippen LogP contribution in [0.1, 0.15) is 10.9 Å². The summed E-state index contributed by atoms with van der Waals surface area (Å²) in [6.45, 7) is 0.661. The normalized spacial score (nSPS) is 12.2. The Morgan fingerprint density at radius 2 is 2.05 bits per heavy atom. The van der Waals surface area contributed by atoms with Gasteiger partial charge < -0.3 is 15.5 Å². The fourth-order valence-corrected chi connectivity index (χ4v) is 3.05. The molecule has 1 aromatic heterocycles. The molecule has 1 aromatic carbocycles. The second-order valence-electron chi connectivity index (χ2n) is 4.81. The highest BCUT2D eigenvalue weighted by molar-refractivity contribution is 7.80. The molecule has 0 saturated carbocycles. The van der Waals surface area contributed by atoms with Gasteiger partial charge in [-0.15, -0.1) is 11.3 Å². The number of likely N-dealkylation sites (N-methyl/N-ethyl adjacent to an activating group) is 1. The van der Waals surface area contributed by atoms with Crippen LogP contribution in [0.2, 0.25) is 0 Å². The first-order chi connectivity index (χ1) is 10.1. The minimum absolute atomic E-state index is 0.227. The van der Waals surface area contributed by atoms with Crippen molar-refractivity contribution in [3.63, 3.8) is 0 Å². The van der Waals surface area contributed by atoms with Crippen LogP contribution < -0.4 is 10.6 Å². The third-order valence-electron chi connectivity index (χ3n) is 3.07. The molecule has 0 radical (unpaired) electrons. The molecular formula is C15H18FN3S2. The van der Waals surface area contributed by atoms with Crippen LogP contribution in [0.4, 0.5) is 10.1 Å². The van der Waals surface area contributed by atoms with Gasteiger partial charge in [0.25, 0.3) is 0 Å². The minimum atomic E-state index is -0.316. The number of nitrogens with zero attached hydrogens (tertiary/aromatic N) is 1. The molecular weight excluding hydrogens is 305 g/mol. The molecule has 2 rings (SSSR count). The number of halogens is 1. The molecule has 0 amide bonds. The molecule has 1 unspecified atom stereocenters. The van der Waals surface area contributed by atoms with Crippen molar-refractivity contribution in [1.29, 1.82) is 0 Å². The molecule has 3 nitrogen and oxygen atoms in total. The van der Waals surface area contributed by atoms with Gasteiger partial charge in [-0.25, -0.2) is 4.39 Å². The van der Waals surface area contributed by atoms with Gasteiger partial charge in [-0.05, 0) is 49.9 Å². The Morgan fingerprint density at radius 1 is 1.29 bits per heavy atom. The number of para-hydroxylation sites is 1. The Labute approximate surface area is 133 Å². The van der Waals surface area contributed by atoms with Crippen LogP contribution in [0.25, 0.3) is 0 Å². The molecule has 0 spiro atoms. The third kappa shape index (κ3) is 4.49. The second kappa shape index (κ2) is 7.49. The summed E-state index contributed by atoms with van der Waals surface area (Å²) in [6.07, 6.45) is 0. The van der Waals surface area contributed by atoms with Crippen LogP contribution in [-0.2, 0) is 0 Å².